The lowest BCUT2D eigenvalue weighted by atomic mass is 9.62. The predicted molar refractivity (Wildman–Crippen MR) is 288 cm³/mol. The topological polar surface area (TPSA) is 137 Å². The zero-order valence-electron chi connectivity index (χ0n) is 44.1. The van der Waals surface area contributed by atoms with E-state index in [1.807, 2.05) is 61.0 Å². The van der Waals surface area contributed by atoms with Crippen molar-refractivity contribution in [1.82, 2.24) is 19.8 Å². The van der Waals surface area contributed by atoms with Crippen LogP contribution < -0.4 is 29.4 Å². The van der Waals surface area contributed by atoms with Crippen LogP contribution in [0.25, 0.3) is 0 Å². The number of hydrogen-bond donors (Lipinski definition) is 0. The van der Waals surface area contributed by atoms with Crippen LogP contribution in [0.5, 0.6) is 0 Å². The first-order chi connectivity index (χ1) is 35.6. The average Bonchev–Trinajstić information content (AvgIpc) is 3.64. The molecule has 2 aromatic heterocycles. The van der Waals surface area contributed by atoms with E-state index in [1.165, 1.54) is 0 Å². The van der Waals surface area contributed by atoms with Crippen LogP contribution in [0.4, 0.5) is 45.8 Å². The fraction of sp³-hybridized carbons (Fsp3) is 0.542. The van der Waals surface area contributed by atoms with Gasteiger partial charge in [0.15, 0.2) is 0 Å². The molecule has 8 aliphatic heterocycles. The van der Waals surface area contributed by atoms with Crippen molar-refractivity contribution in [2.45, 2.75) is 149 Å². The molecule has 74 heavy (non-hydrogen) atoms. The Morgan fingerprint density at radius 3 is 1.51 bits per heavy atom. The van der Waals surface area contributed by atoms with Gasteiger partial charge >= 0.3 is 0 Å². The van der Waals surface area contributed by atoms with E-state index in [4.69, 9.17) is 9.97 Å². The van der Waals surface area contributed by atoms with Crippen LogP contribution in [0.2, 0.25) is 0 Å². The fourth-order valence-corrected chi connectivity index (χ4v) is 14.5. The zero-order chi connectivity index (χ0) is 51.4. The van der Waals surface area contributed by atoms with Crippen LogP contribution >= 0.6 is 0 Å². The number of benzene rings is 2. The van der Waals surface area contributed by atoms with E-state index >= 15 is 4.79 Å². The molecule has 0 radical (unpaired) electrons. The van der Waals surface area contributed by atoms with Crippen molar-refractivity contribution < 1.29 is 24.0 Å². The predicted octanol–water partition coefficient (Wildman–Crippen LogP) is 9.11. The summed E-state index contributed by atoms with van der Waals surface area (Å²) in [6.07, 6.45) is 11.8. The Morgan fingerprint density at radius 2 is 1.01 bits per heavy atom. The monoisotopic (exact) mass is 1000 g/mol. The van der Waals surface area contributed by atoms with Crippen LogP contribution in [0, 0.1) is 22.7 Å². The van der Waals surface area contributed by atoms with Gasteiger partial charge in [0.2, 0.25) is 29.5 Å². The molecule has 4 bridgehead atoms. The summed E-state index contributed by atoms with van der Waals surface area (Å²) >= 11 is 0. The minimum Gasteiger partial charge on any atom is -0.365 e. The summed E-state index contributed by atoms with van der Waals surface area (Å²) in [6, 6.07) is 21.4. The van der Waals surface area contributed by atoms with Crippen LogP contribution in [0.15, 0.2) is 73.1 Å². The number of pyridine rings is 2. The van der Waals surface area contributed by atoms with Gasteiger partial charge in [-0.25, -0.2) is 9.97 Å². The van der Waals surface area contributed by atoms with Crippen molar-refractivity contribution >= 4 is 75.3 Å². The second-order valence-electron chi connectivity index (χ2n) is 23.9. The Hall–Kier alpha value is -6.51. The van der Waals surface area contributed by atoms with Gasteiger partial charge in [0, 0.05) is 123 Å². The number of amides is 5. The maximum absolute atomic E-state index is 15.5. The van der Waals surface area contributed by atoms with E-state index in [0.29, 0.717) is 62.5 Å². The number of carbonyl (C=O) groups excluding carboxylic acids is 5. The molecule has 15 nitrogen and oxygen atoms in total. The highest BCUT2D eigenvalue weighted by Crippen LogP contribution is 2.54. The SMILES string of the molecule is CCC(=O)N1c2ccc(N3CC4CCC3CN4C(=O)CC)cc2N(C(=O)C2CC(C)(CN3c4ccc(N5CC6CCC5CN6C(=O)CC)cc4N(C(=O)C4CC(C)(C)C4)Cc4cccnc43)C2)Cc2cccnc21. The summed E-state index contributed by atoms with van der Waals surface area (Å²) in [6.45, 7) is 16.7. The third-order valence-electron chi connectivity index (χ3n) is 18.3. The number of nitrogens with zero attached hydrogens (tertiary/aromatic N) is 10. The average molecular weight is 1000 g/mol. The molecule has 0 spiro atoms. The number of hydrogen-bond acceptors (Lipinski definition) is 10. The van der Waals surface area contributed by atoms with Gasteiger partial charge in [0.1, 0.15) is 11.6 Å². The molecular formula is C59H72N10O5. The fourth-order valence-electron chi connectivity index (χ4n) is 14.5. The van der Waals surface area contributed by atoms with Crippen LogP contribution in [0.1, 0.15) is 123 Å². The number of rotatable bonds is 9. The summed E-state index contributed by atoms with van der Waals surface area (Å²) in [7, 11) is 0. The third-order valence-corrected chi connectivity index (χ3v) is 18.3. The molecule has 0 N–H and O–H groups in total. The van der Waals surface area contributed by atoms with Gasteiger partial charge in [-0.3, -0.25) is 28.9 Å². The summed E-state index contributed by atoms with van der Waals surface area (Å²) < 4.78 is 0. The highest BCUT2D eigenvalue weighted by Gasteiger charge is 2.50. The molecule has 5 amide bonds. The quantitative estimate of drug-likeness (QED) is 0.160. The number of aromatic nitrogens is 2. The highest BCUT2D eigenvalue weighted by molar-refractivity contribution is 6.09. The Morgan fingerprint density at radius 1 is 0.541 bits per heavy atom. The summed E-state index contributed by atoms with van der Waals surface area (Å²) in [5.74, 6) is 1.54. The Balaban J connectivity index is 0.863. The summed E-state index contributed by atoms with van der Waals surface area (Å²) in [5.41, 5.74) is 6.87. The molecule has 6 saturated heterocycles. The molecule has 2 aromatic carbocycles. The van der Waals surface area contributed by atoms with Crippen molar-refractivity contribution in [2.24, 2.45) is 22.7 Å². The molecule has 2 saturated carbocycles. The third kappa shape index (κ3) is 8.18. The number of fused-ring (bicyclic) bond motifs is 10. The first kappa shape index (κ1) is 48.4. The lowest BCUT2D eigenvalue weighted by Crippen LogP contribution is -2.64. The molecule has 14 rings (SSSR count). The molecule has 388 valence electrons. The van der Waals surface area contributed by atoms with E-state index in [0.717, 1.165) is 97.9 Å². The maximum atomic E-state index is 15.5. The van der Waals surface area contributed by atoms with Crippen molar-refractivity contribution in [3.05, 3.63) is 84.2 Å². The van der Waals surface area contributed by atoms with Crippen molar-refractivity contribution in [1.29, 1.82) is 0 Å². The second kappa shape index (κ2) is 18.4. The number of piperidine rings is 4. The van der Waals surface area contributed by atoms with E-state index in [-0.39, 0.29) is 89.3 Å². The molecule has 10 aliphatic rings. The molecule has 15 heteroatoms. The Bertz CT molecular complexity index is 2930. The second-order valence-corrected chi connectivity index (χ2v) is 23.9. The normalized spacial score (nSPS) is 26.5. The van der Waals surface area contributed by atoms with Gasteiger partial charge in [0.25, 0.3) is 0 Å². The molecule has 4 atom stereocenters. The van der Waals surface area contributed by atoms with E-state index in [2.05, 4.69) is 81.7 Å². The molecular weight excluding hydrogens is 929 g/mol. The van der Waals surface area contributed by atoms with E-state index < -0.39 is 0 Å². The molecule has 4 unspecified atom stereocenters. The highest BCUT2D eigenvalue weighted by atomic mass is 16.2. The summed E-state index contributed by atoms with van der Waals surface area (Å²) in [5, 5.41) is 0. The van der Waals surface area contributed by atoms with Gasteiger partial charge in [0.05, 0.1) is 35.8 Å². The lowest BCUT2D eigenvalue weighted by molar-refractivity contribution is -0.136. The minimum atomic E-state index is -0.293. The van der Waals surface area contributed by atoms with Crippen molar-refractivity contribution in [2.75, 3.05) is 62.1 Å². The van der Waals surface area contributed by atoms with Crippen molar-refractivity contribution in [3.8, 4) is 0 Å². The minimum absolute atomic E-state index is 0.0241. The van der Waals surface area contributed by atoms with Crippen LogP contribution in [-0.2, 0) is 37.1 Å². The van der Waals surface area contributed by atoms with Gasteiger partial charge in [-0.15, -0.1) is 0 Å². The van der Waals surface area contributed by atoms with Gasteiger partial charge in [-0.05, 0) is 111 Å². The summed E-state index contributed by atoms with van der Waals surface area (Å²) in [4.78, 5) is 97.2. The first-order valence-corrected chi connectivity index (χ1v) is 27.7. The molecule has 8 fully saturated rings. The van der Waals surface area contributed by atoms with Gasteiger partial charge in [-0.2, -0.15) is 0 Å². The first-order valence-electron chi connectivity index (χ1n) is 27.7. The van der Waals surface area contributed by atoms with Gasteiger partial charge < -0.3 is 34.3 Å². The Kier molecular flexibility index (Phi) is 12.0. The van der Waals surface area contributed by atoms with E-state index in [9.17, 15) is 19.2 Å². The van der Waals surface area contributed by atoms with Crippen molar-refractivity contribution in [3.63, 3.8) is 0 Å². The number of anilines is 8. The smallest absolute Gasteiger partial charge is 0.232 e. The maximum Gasteiger partial charge on any atom is 0.232 e. The molecule has 2 aliphatic carbocycles. The lowest BCUT2D eigenvalue weighted by Gasteiger charge is -2.52. The largest absolute Gasteiger partial charge is 0.365 e. The number of carbonyl (C=O) groups is 5. The molecule has 4 aromatic rings. The van der Waals surface area contributed by atoms with Gasteiger partial charge in [-0.1, -0.05) is 53.7 Å². The van der Waals surface area contributed by atoms with Crippen LogP contribution in [0.3, 0.4) is 0 Å². The zero-order valence-corrected chi connectivity index (χ0v) is 44.1. The molecule has 10 heterocycles. The standard InChI is InChI=1S/C59H72N10O5/c1-7-51(70)64-34-43-14-16-45(64)32-62(43)41-18-20-47-49(24-41)66(56(73)39-26-58(4,5)27-39)30-37-12-10-22-60-54(37)68(47)36-59(6)28-40(29-59)57(74)67-31-38-13-11-23-61-55(38)69(53(72)9-3)48-21-19-42(25-50(48)67)63-33-46-17-15-44(63)35-65(46)52(71)8-2/h10-13,18-25,39-40,43-46H,7-9,14-17,26-36H2,1-6H3. The number of piperazine rings is 2. The Labute approximate surface area is 435 Å². The van der Waals surface area contributed by atoms with Crippen LogP contribution in [-0.4, -0.2) is 106 Å². The van der Waals surface area contributed by atoms with E-state index in [1.54, 1.807) is 11.1 Å².